The number of esters is 2. The van der Waals surface area contributed by atoms with Crippen molar-refractivity contribution in [2.45, 2.75) is 13.8 Å². The van der Waals surface area contributed by atoms with E-state index in [0.717, 1.165) is 12.3 Å². The van der Waals surface area contributed by atoms with Crippen LogP contribution in [0, 0.1) is 5.92 Å². The number of aromatic hydroxyl groups is 2. The molecule has 114 valence electrons. The lowest BCUT2D eigenvalue weighted by Gasteiger charge is -2.10. The van der Waals surface area contributed by atoms with E-state index < -0.39 is 17.9 Å². The predicted molar refractivity (Wildman–Crippen MR) is 74.7 cm³/mol. The van der Waals surface area contributed by atoms with Crippen molar-refractivity contribution >= 4 is 23.8 Å². The van der Waals surface area contributed by atoms with Gasteiger partial charge in [-0.25, -0.2) is 0 Å². The Kier molecular flexibility index (Phi) is 6.19. The van der Waals surface area contributed by atoms with Gasteiger partial charge in [0, 0.05) is 24.4 Å². The molecular weight excluding hydrogens is 278 g/mol. The van der Waals surface area contributed by atoms with Crippen LogP contribution < -0.4 is 0 Å². The second-order valence-electron chi connectivity index (χ2n) is 3.97. The molecule has 0 aromatic heterocycles. The van der Waals surface area contributed by atoms with Crippen LogP contribution in [-0.4, -0.2) is 41.6 Å². The Morgan fingerprint density at radius 1 is 1.10 bits per heavy atom. The van der Waals surface area contributed by atoms with E-state index in [1.54, 1.807) is 13.8 Å². The maximum Gasteiger partial charge on any atom is 0.325 e. The maximum absolute atomic E-state index is 11.7. The fourth-order valence-corrected chi connectivity index (χ4v) is 1.50. The first-order valence-electron chi connectivity index (χ1n) is 6.38. The molecule has 21 heavy (non-hydrogen) atoms. The summed E-state index contributed by atoms with van der Waals surface area (Å²) in [6.45, 7) is 3.47. The molecule has 0 atom stereocenters. The van der Waals surface area contributed by atoms with Gasteiger partial charge in [0.15, 0.2) is 5.92 Å². The van der Waals surface area contributed by atoms with Gasteiger partial charge in [0.05, 0.1) is 18.9 Å². The van der Waals surface area contributed by atoms with Gasteiger partial charge in [-0.1, -0.05) is 0 Å². The molecule has 0 aliphatic rings. The molecule has 0 bridgehead atoms. The van der Waals surface area contributed by atoms with E-state index >= 15 is 0 Å². The number of rotatable bonds is 6. The lowest BCUT2D eigenvalue weighted by molar-refractivity contribution is -0.157. The van der Waals surface area contributed by atoms with Gasteiger partial charge in [0.2, 0.25) is 0 Å². The topological polar surface area (TPSA) is 105 Å². The molecule has 7 nitrogen and oxygen atoms in total. The highest BCUT2D eigenvalue weighted by atomic mass is 16.6. The molecule has 1 aromatic carbocycles. The van der Waals surface area contributed by atoms with Gasteiger partial charge in [-0.2, -0.15) is 0 Å². The van der Waals surface area contributed by atoms with Crippen LogP contribution in [0.15, 0.2) is 23.2 Å². The standard InChI is InChI=1S/C14H17NO6/c1-3-20-13(18)12(14(19)21-4-2)8-15-9-5-10(16)7-11(17)6-9/h5-8,12,16-17H,3-4H2,1-2H3. The van der Waals surface area contributed by atoms with Crippen LogP contribution in [0.25, 0.3) is 0 Å². The molecule has 1 rings (SSSR count). The van der Waals surface area contributed by atoms with E-state index in [1.165, 1.54) is 12.1 Å². The predicted octanol–water partition coefficient (Wildman–Crippen LogP) is 1.54. The molecule has 0 unspecified atom stereocenters. The molecule has 0 heterocycles. The van der Waals surface area contributed by atoms with E-state index in [1.807, 2.05) is 0 Å². The highest BCUT2D eigenvalue weighted by Gasteiger charge is 2.27. The van der Waals surface area contributed by atoms with Gasteiger partial charge < -0.3 is 19.7 Å². The number of phenols is 2. The Hall–Kier alpha value is -2.57. The summed E-state index contributed by atoms with van der Waals surface area (Å²) in [7, 11) is 0. The van der Waals surface area contributed by atoms with Gasteiger partial charge in [0.25, 0.3) is 0 Å². The summed E-state index contributed by atoms with van der Waals surface area (Å²) in [6, 6.07) is 3.67. The number of carbonyl (C=O) groups is 2. The summed E-state index contributed by atoms with van der Waals surface area (Å²) >= 11 is 0. The summed E-state index contributed by atoms with van der Waals surface area (Å²) in [5.74, 6) is -3.22. The minimum Gasteiger partial charge on any atom is -0.508 e. The second kappa shape index (κ2) is 7.88. The third-order valence-electron chi connectivity index (χ3n) is 2.34. The number of aliphatic imine (C=N–C) groups is 1. The minimum absolute atomic E-state index is 0.121. The summed E-state index contributed by atoms with van der Waals surface area (Å²) in [5, 5.41) is 18.7. The van der Waals surface area contributed by atoms with Crippen LogP contribution in [0.1, 0.15) is 13.8 Å². The van der Waals surface area contributed by atoms with Crippen molar-refractivity contribution in [1.29, 1.82) is 0 Å². The average molecular weight is 295 g/mol. The van der Waals surface area contributed by atoms with Crippen LogP contribution in [0.3, 0.4) is 0 Å². The number of phenolic OH excluding ortho intramolecular Hbond substituents is 2. The zero-order valence-corrected chi connectivity index (χ0v) is 11.8. The van der Waals surface area contributed by atoms with Crippen molar-refractivity contribution in [2.75, 3.05) is 13.2 Å². The Bertz CT molecular complexity index is 502. The van der Waals surface area contributed by atoms with Gasteiger partial charge in [0.1, 0.15) is 11.5 Å². The van der Waals surface area contributed by atoms with Gasteiger partial charge in [-0.05, 0) is 13.8 Å². The maximum atomic E-state index is 11.7. The first kappa shape index (κ1) is 16.5. The van der Waals surface area contributed by atoms with Gasteiger partial charge >= 0.3 is 11.9 Å². The molecular formula is C14H17NO6. The third-order valence-corrected chi connectivity index (χ3v) is 2.34. The van der Waals surface area contributed by atoms with Crippen LogP contribution in [-0.2, 0) is 19.1 Å². The average Bonchev–Trinajstić information content (AvgIpc) is 2.38. The van der Waals surface area contributed by atoms with Crippen molar-refractivity contribution in [3.05, 3.63) is 18.2 Å². The van der Waals surface area contributed by atoms with E-state index in [4.69, 9.17) is 9.47 Å². The molecule has 0 radical (unpaired) electrons. The smallest absolute Gasteiger partial charge is 0.325 e. The minimum atomic E-state index is -1.30. The molecule has 1 aromatic rings. The summed E-state index contributed by atoms with van der Waals surface area (Å²) in [4.78, 5) is 27.3. The lowest BCUT2D eigenvalue weighted by atomic mass is 10.1. The lowest BCUT2D eigenvalue weighted by Crippen LogP contribution is -2.29. The molecule has 0 saturated heterocycles. The molecule has 0 saturated carbocycles. The summed E-state index contributed by atoms with van der Waals surface area (Å²) in [5.41, 5.74) is 0.186. The van der Waals surface area contributed by atoms with Gasteiger partial charge in [-0.3, -0.25) is 14.6 Å². The van der Waals surface area contributed by atoms with Crippen LogP contribution >= 0.6 is 0 Å². The van der Waals surface area contributed by atoms with E-state index in [2.05, 4.69) is 4.99 Å². The summed E-state index contributed by atoms with van der Waals surface area (Å²) in [6.07, 6.45) is 1.06. The molecule has 0 spiro atoms. The fourth-order valence-electron chi connectivity index (χ4n) is 1.50. The van der Waals surface area contributed by atoms with Crippen molar-refractivity contribution in [3.63, 3.8) is 0 Å². The summed E-state index contributed by atoms with van der Waals surface area (Å²) < 4.78 is 9.56. The van der Waals surface area contributed by atoms with E-state index in [-0.39, 0.29) is 30.4 Å². The van der Waals surface area contributed by atoms with E-state index in [0.29, 0.717) is 0 Å². The Balaban J connectivity index is 2.96. The molecule has 2 N–H and O–H groups in total. The first-order chi connectivity index (χ1) is 9.97. The SMILES string of the molecule is CCOC(=O)C(C=Nc1cc(O)cc(O)c1)C(=O)OCC. The Morgan fingerprint density at radius 3 is 2.00 bits per heavy atom. The largest absolute Gasteiger partial charge is 0.508 e. The molecule has 7 heteroatoms. The number of hydrogen-bond donors (Lipinski definition) is 2. The quantitative estimate of drug-likeness (QED) is 0.468. The van der Waals surface area contributed by atoms with Crippen molar-refractivity contribution in [2.24, 2.45) is 10.9 Å². The number of nitrogens with zero attached hydrogens (tertiary/aromatic N) is 1. The van der Waals surface area contributed by atoms with Crippen LogP contribution in [0.4, 0.5) is 5.69 Å². The van der Waals surface area contributed by atoms with Gasteiger partial charge in [-0.15, -0.1) is 0 Å². The highest BCUT2D eigenvalue weighted by Crippen LogP contribution is 2.26. The number of carbonyl (C=O) groups excluding carboxylic acids is 2. The third kappa shape index (κ3) is 5.13. The zero-order valence-electron chi connectivity index (χ0n) is 11.8. The zero-order chi connectivity index (χ0) is 15.8. The number of benzene rings is 1. The molecule has 0 fully saturated rings. The second-order valence-corrected chi connectivity index (χ2v) is 3.97. The number of hydrogen-bond acceptors (Lipinski definition) is 7. The van der Waals surface area contributed by atoms with Crippen molar-refractivity contribution in [3.8, 4) is 11.5 Å². The fraction of sp³-hybridized carbons (Fsp3) is 0.357. The Labute approximate surface area is 121 Å². The normalized spacial score (nSPS) is 10.8. The monoisotopic (exact) mass is 295 g/mol. The number of ether oxygens (including phenoxy) is 2. The molecule has 0 aliphatic heterocycles. The Morgan fingerprint density at radius 2 is 1.57 bits per heavy atom. The highest BCUT2D eigenvalue weighted by molar-refractivity contribution is 6.09. The van der Waals surface area contributed by atoms with Crippen molar-refractivity contribution < 1.29 is 29.3 Å². The van der Waals surface area contributed by atoms with Crippen LogP contribution in [0.5, 0.6) is 11.5 Å². The first-order valence-corrected chi connectivity index (χ1v) is 6.38. The molecule has 0 amide bonds. The molecule has 0 aliphatic carbocycles. The van der Waals surface area contributed by atoms with Crippen molar-refractivity contribution in [1.82, 2.24) is 0 Å². The van der Waals surface area contributed by atoms with Crippen LogP contribution in [0.2, 0.25) is 0 Å². The van der Waals surface area contributed by atoms with E-state index in [9.17, 15) is 19.8 Å².